The number of nitrogens with zero attached hydrogens (tertiary/aromatic N) is 7. The van der Waals surface area contributed by atoms with E-state index in [1.54, 1.807) is 10.7 Å². The predicted molar refractivity (Wildman–Crippen MR) is 153 cm³/mol. The number of aromatic nitrogens is 5. The van der Waals surface area contributed by atoms with Crippen molar-refractivity contribution in [2.45, 2.75) is 50.7 Å². The van der Waals surface area contributed by atoms with Crippen LogP contribution in [-0.4, -0.2) is 54.2 Å². The molecule has 2 aliphatic rings. The molecule has 1 aliphatic heterocycles. The molecule has 2 atom stereocenters. The Hall–Kier alpha value is -3.81. The van der Waals surface area contributed by atoms with E-state index in [4.69, 9.17) is 11.6 Å². The highest BCUT2D eigenvalue weighted by atomic mass is 35.5. The molecule has 1 amide bonds. The quantitative estimate of drug-likeness (QED) is 0.327. The van der Waals surface area contributed by atoms with E-state index in [-0.39, 0.29) is 23.2 Å². The summed E-state index contributed by atoms with van der Waals surface area (Å²) in [5.41, 5.74) is 3.08. The molecule has 1 N–H and O–H groups in total. The molecule has 1 saturated carbocycles. The molecule has 212 valence electrons. The second-order valence-electron chi connectivity index (χ2n) is 11.6. The average Bonchev–Trinajstić information content (AvgIpc) is 3.53. The summed E-state index contributed by atoms with van der Waals surface area (Å²) in [5.74, 6) is 0.809. The van der Waals surface area contributed by atoms with Gasteiger partial charge in [0.25, 0.3) is 5.91 Å². The van der Waals surface area contributed by atoms with Gasteiger partial charge < -0.3 is 9.88 Å². The summed E-state index contributed by atoms with van der Waals surface area (Å²) in [6, 6.07) is 12.0. The maximum Gasteiger partial charge on any atom is 0.259 e. The summed E-state index contributed by atoms with van der Waals surface area (Å²) in [6.45, 7) is 3.84. The van der Waals surface area contributed by atoms with Crippen LogP contribution in [0.5, 0.6) is 0 Å². The van der Waals surface area contributed by atoms with Crippen molar-refractivity contribution in [1.29, 1.82) is 5.26 Å². The first-order valence-electron chi connectivity index (χ1n) is 13.9. The number of likely N-dealkylation sites (tertiary alicyclic amines) is 1. The summed E-state index contributed by atoms with van der Waals surface area (Å²) in [5, 5.41) is 21.2. The molecular formula is C30H32ClFN8O. The maximum atomic E-state index is 14.0. The van der Waals surface area contributed by atoms with Gasteiger partial charge in [0.2, 0.25) is 0 Å². The zero-order valence-corrected chi connectivity index (χ0v) is 23.9. The van der Waals surface area contributed by atoms with Crippen LogP contribution >= 0.6 is 11.6 Å². The van der Waals surface area contributed by atoms with E-state index in [9.17, 15) is 14.4 Å². The van der Waals surface area contributed by atoms with Crippen LogP contribution < -0.4 is 5.32 Å². The van der Waals surface area contributed by atoms with Gasteiger partial charge in [-0.25, -0.2) is 9.37 Å². The Morgan fingerprint density at radius 3 is 2.88 bits per heavy atom. The van der Waals surface area contributed by atoms with Crippen LogP contribution in [0.2, 0.25) is 5.15 Å². The highest BCUT2D eigenvalue weighted by molar-refractivity contribution is 6.30. The lowest BCUT2D eigenvalue weighted by molar-refractivity contribution is 0.0925. The molecule has 9 nitrogen and oxygen atoms in total. The van der Waals surface area contributed by atoms with Crippen molar-refractivity contribution in [2.24, 2.45) is 18.9 Å². The maximum absolute atomic E-state index is 14.0. The minimum atomic E-state index is -0.779. The van der Waals surface area contributed by atoms with E-state index in [2.05, 4.69) is 31.5 Å². The van der Waals surface area contributed by atoms with Crippen molar-refractivity contribution < 1.29 is 9.18 Å². The van der Waals surface area contributed by atoms with Gasteiger partial charge in [-0.2, -0.15) is 5.26 Å². The number of imidazole rings is 1. The van der Waals surface area contributed by atoms with Crippen molar-refractivity contribution in [1.82, 2.24) is 29.0 Å². The van der Waals surface area contributed by atoms with Gasteiger partial charge >= 0.3 is 0 Å². The van der Waals surface area contributed by atoms with Crippen LogP contribution in [0.1, 0.15) is 59.9 Å². The van der Waals surface area contributed by atoms with E-state index in [0.29, 0.717) is 54.5 Å². The van der Waals surface area contributed by atoms with E-state index in [0.717, 1.165) is 29.8 Å². The van der Waals surface area contributed by atoms with Crippen molar-refractivity contribution >= 4 is 28.8 Å². The number of benzene rings is 1. The van der Waals surface area contributed by atoms with Crippen LogP contribution in [0.15, 0.2) is 49.1 Å². The van der Waals surface area contributed by atoms with Gasteiger partial charge in [-0.3, -0.25) is 14.1 Å². The van der Waals surface area contributed by atoms with Gasteiger partial charge in [0, 0.05) is 50.9 Å². The molecule has 4 aromatic rings. The first-order valence-corrected chi connectivity index (χ1v) is 14.3. The number of carbonyl (C=O) groups is 1. The number of rotatable bonds is 7. The molecule has 1 aromatic carbocycles. The van der Waals surface area contributed by atoms with Crippen molar-refractivity contribution in [2.75, 3.05) is 18.4 Å². The van der Waals surface area contributed by atoms with Gasteiger partial charge in [0.15, 0.2) is 5.65 Å². The van der Waals surface area contributed by atoms with Crippen LogP contribution in [0.3, 0.4) is 0 Å². The highest BCUT2D eigenvalue weighted by Gasteiger charge is 2.49. The number of carbonyl (C=O) groups excluding carboxylic acids is 1. The molecule has 1 aliphatic carbocycles. The Bertz CT molecular complexity index is 1630. The first kappa shape index (κ1) is 27.4. The number of hydrogen-bond acceptors (Lipinski definition) is 6. The number of pyridine rings is 1. The monoisotopic (exact) mass is 574 g/mol. The summed E-state index contributed by atoms with van der Waals surface area (Å²) in [4.78, 5) is 20.3. The number of hydrogen-bond donors (Lipinski definition) is 1. The second-order valence-corrected chi connectivity index (χ2v) is 12.0. The third kappa shape index (κ3) is 5.09. The Kier molecular flexibility index (Phi) is 7.26. The van der Waals surface area contributed by atoms with Gasteiger partial charge in [-0.15, -0.1) is 10.2 Å². The standard InChI is InChI=1S/C30H32ClFN8O/c1-19-15-39(9-7-25(19)32)16-21-10-24(27-34-14-26(31)40(27)17-21)28(41)36-23-5-3-4-22(11-23)30(12-20(13-30)6-8-33)29-37-35-18-38(29)2/h3-5,10-11,14,17-20,25H,6-7,9,12-13,15-16H2,1-2H3,(H,36,41)/t19-,20?,25+,30?/m1/s1. The molecule has 11 heteroatoms. The van der Waals surface area contributed by atoms with E-state index >= 15 is 0 Å². The Balaban J connectivity index is 1.28. The lowest BCUT2D eigenvalue weighted by Gasteiger charge is -2.46. The van der Waals surface area contributed by atoms with E-state index in [1.807, 2.05) is 55.1 Å². The van der Waals surface area contributed by atoms with Crippen molar-refractivity contribution in [3.05, 3.63) is 76.7 Å². The smallest absolute Gasteiger partial charge is 0.259 e. The van der Waals surface area contributed by atoms with Gasteiger partial charge in [0.1, 0.15) is 23.5 Å². The summed E-state index contributed by atoms with van der Waals surface area (Å²) in [6.07, 6.45) is 6.93. The molecule has 0 radical (unpaired) electrons. The number of nitrogens with one attached hydrogen (secondary N) is 1. The number of anilines is 1. The lowest BCUT2D eigenvalue weighted by Crippen LogP contribution is -2.44. The molecule has 0 bridgehead atoms. The van der Waals surface area contributed by atoms with Gasteiger partial charge in [-0.05, 0) is 54.5 Å². The summed E-state index contributed by atoms with van der Waals surface area (Å²) in [7, 11) is 1.93. The van der Waals surface area contributed by atoms with Crippen molar-refractivity contribution in [3.63, 3.8) is 0 Å². The number of amides is 1. The minimum Gasteiger partial charge on any atom is -0.322 e. The molecule has 2 fully saturated rings. The minimum absolute atomic E-state index is 0.0324. The zero-order chi connectivity index (χ0) is 28.7. The normalized spacial score (nSPS) is 24.6. The van der Waals surface area contributed by atoms with Crippen molar-refractivity contribution in [3.8, 4) is 6.07 Å². The summed E-state index contributed by atoms with van der Waals surface area (Å²) >= 11 is 6.43. The Morgan fingerprint density at radius 2 is 2.15 bits per heavy atom. The number of alkyl halides is 1. The summed E-state index contributed by atoms with van der Waals surface area (Å²) < 4.78 is 17.7. The molecule has 0 spiro atoms. The Morgan fingerprint density at radius 1 is 1.32 bits per heavy atom. The largest absolute Gasteiger partial charge is 0.322 e. The SMILES string of the molecule is C[C@@H]1CN(Cc2cc(C(=O)Nc3cccc(C4(c5nncn5C)CC(CC#N)C4)c3)c3ncc(Cl)n3c2)CC[C@@H]1F. The first-order chi connectivity index (χ1) is 19.8. The van der Waals surface area contributed by atoms with E-state index in [1.165, 1.54) is 6.20 Å². The molecule has 4 heterocycles. The predicted octanol–water partition coefficient (Wildman–Crippen LogP) is 5.16. The molecule has 6 rings (SSSR count). The lowest BCUT2D eigenvalue weighted by atomic mass is 9.57. The fourth-order valence-corrected chi connectivity index (χ4v) is 6.71. The zero-order valence-electron chi connectivity index (χ0n) is 23.1. The molecule has 3 aromatic heterocycles. The third-order valence-electron chi connectivity index (χ3n) is 8.62. The van der Waals surface area contributed by atoms with Crippen LogP contribution in [0, 0.1) is 23.2 Å². The fraction of sp³-hybridized carbons (Fsp3) is 0.433. The number of nitriles is 1. The van der Waals surface area contributed by atoms with Crippen LogP contribution in [-0.2, 0) is 19.0 Å². The molecule has 41 heavy (non-hydrogen) atoms. The highest BCUT2D eigenvalue weighted by Crippen LogP contribution is 2.53. The Labute approximate surface area is 243 Å². The topological polar surface area (TPSA) is 104 Å². The number of aryl methyl sites for hydroxylation is 1. The second kappa shape index (κ2) is 10.9. The average molecular weight is 575 g/mol. The van der Waals surface area contributed by atoms with Gasteiger partial charge in [0.05, 0.1) is 23.2 Å². The van der Waals surface area contributed by atoms with Crippen LogP contribution in [0.4, 0.5) is 10.1 Å². The molecule has 1 saturated heterocycles. The van der Waals surface area contributed by atoms with Gasteiger partial charge in [-0.1, -0.05) is 30.7 Å². The molecular weight excluding hydrogens is 543 g/mol. The third-order valence-corrected chi connectivity index (χ3v) is 8.90. The molecule has 0 unspecified atom stereocenters. The number of fused-ring (bicyclic) bond motifs is 1. The number of piperidine rings is 1. The van der Waals surface area contributed by atoms with Crippen LogP contribution in [0.25, 0.3) is 5.65 Å². The fourth-order valence-electron chi connectivity index (χ4n) is 6.53. The van der Waals surface area contributed by atoms with E-state index < -0.39 is 6.17 Å². The number of halogens is 2.